The van der Waals surface area contributed by atoms with Crippen LogP contribution in [-0.4, -0.2) is 26.3 Å². The molecule has 4 nitrogen and oxygen atoms in total. The molecule has 1 rings (SSSR count). The van der Waals surface area contributed by atoms with Crippen LogP contribution in [0, 0.1) is 28.8 Å². The van der Waals surface area contributed by atoms with Gasteiger partial charge < -0.3 is 0 Å². The van der Waals surface area contributed by atoms with Crippen molar-refractivity contribution in [2.45, 2.75) is 4.90 Å². The van der Waals surface area contributed by atoms with Crippen LogP contribution in [0.5, 0.6) is 0 Å². The largest absolute Gasteiger partial charge is 0.249 e. The zero-order valence-corrected chi connectivity index (χ0v) is 9.43. The summed E-state index contributed by atoms with van der Waals surface area (Å²) in [5.74, 6) is -4.29. The summed E-state index contributed by atoms with van der Waals surface area (Å²) in [7, 11) is -3.50. The summed E-state index contributed by atoms with van der Waals surface area (Å²) in [4.78, 5) is -1.27. The van der Waals surface area contributed by atoms with Gasteiger partial charge in [-0.05, 0) is 0 Å². The first kappa shape index (κ1) is 13.5. The maximum atomic E-state index is 13.2. The van der Waals surface area contributed by atoms with E-state index >= 15 is 0 Å². The smallest absolute Gasteiger partial charge is 0.207 e. The van der Waals surface area contributed by atoms with E-state index in [4.69, 9.17) is 5.26 Å². The predicted octanol–water partition coefficient (Wildman–Crippen LogP) is 1.25. The van der Waals surface area contributed by atoms with Gasteiger partial charge in [-0.3, -0.25) is 0 Å². The maximum Gasteiger partial charge on any atom is 0.249 e. The average Bonchev–Trinajstić information content (AvgIpc) is 2.15. The standard InChI is InChI=1S/C9H7F3N2O2S/c1-14(3-2-13)17(15,16)9-7(11)4-6(10)5-8(9)12/h4-5H,3H2,1H3. The zero-order valence-electron chi connectivity index (χ0n) is 8.61. The quantitative estimate of drug-likeness (QED) is 0.772. The number of hydrogen-bond acceptors (Lipinski definition) is 3. The molecular formula is C9H7F3N2O2S. The molecule has 0 aliphatic carbocycles. The number of nitriles is 1. The second-order valence-corrected chi connectivity index (χ2v) is 5.10. The van der Waals surface area contributed by atoms with Gasteiger partial charge in [0.1, 0.15) is 24.0 Å². The first-order valence-corrected chi connectivity index (χ1v) is 5.72. The number of halogens is 3. The van der Waals surface area contributed by atoms with Crippen LogP contribution in [0.15, 0.2) is 17.0 Å². The minimum absolute atomic E-state index is 0.260. The van der Waals surface area contributed by atoms with E-state index in [0.717, 1.165) is 7.05 Å². The molecule has 0 N–H and O–H groups in total. The monoisotopic (exact) mass is 264 g/mol. The fourth-order valence-electron chi connectivity index (χ4n) is 1.12. The molecule has 0 spiro atoms. The van der Waals surface area contributed by atoms with E-state index in [1.54, 1.807) is 0 Å². The molecule has 0 atom stereocenters. The normalized spacial score (nSPS) is 11.5. The third-order valence-electron chi connectivity index (χ3n) is 1.92. The topological polar surface area (TPSA) is 61.2 Å². The van der Waals surface area contributed by atoms with Gasteiger partial charge in [-0.1, -0.05) is 0 Å². The van der Waals surface area contributed by atoms with Crippen LogP contribution in [0.25, 0.3) is 0 Å². The molecule has 1 aromatic carbocycles. The fourth-order valence-corrected chi connectivity index (χ4v) is 2.27. The number of benzene rings is 1. The summed E-state index contributed by atoms with van der Waals surface area (Å²) in [6.45, 7) is -0.571. The Balaban J connectivity index is 3.40. The van der Waals surface area contributed by atoms with Crippen molar-refractivity contribution >= 4 is 10.0 Å². The Kier molecular flexibility index (Phi) is 3.75. The molecule has 1 aromatic rings. The zero-order chi connectivity index (χ0) is 13.2. The molecule has 0 heterocycles. The Labute approximate surface area is 95.9 Å². The van der Waals surface area contributed by atoms with Crippen molar-refractivity contribution in [2.24, 2.45) is 0 Å². The van der Waals surface area contributed by atoms with Crippen LogP contribution >= 0.6 is 0 Å². The minimum atomic E-state index is -4.49. The lowest BCUT2D eigenvalue weighted by Crippen LogP contribution is -2.29. The second-order valence-electron chi connectivity index (χ2n) is 3.12. The molecule has 0 saturated heterocycles. The van der Waals surface area contributed by atoms with Crippen molar-refractivity contribution in [3.8, 4) is 6.07 Å². The summed E-state index contributed by atoms with van der Waals surface area (Å²) in [5.41, 5.74) is 0. The van der Waals surface area contributed by atoms with Gasteiger partial charge in [-0.25, -0.2) is 21.6 Å². The SMILES string of the molecule is CN(CC#N)S(=O)(=O)c1c(F)cc(F)cc1F. The van der Waals surface area contributed by atoms with E-state index in [9.17, 15) is 21.6 Å². The summed E-state index contributed by atoms with van der Waals surface area (Å²) in [5, 5.41) is 8.33. The number of hydrogen-bond donors (Lipinski definition) is 0. The van der Waals surface area contributed by atoms with Crippen LogP contribution in [-0.2, 0) is 10.0 Å². The Morgan fingerprint density at radius 1 is 1.29 bits per heavy atom. The Bertz CT molecular complexity index is 557. The van der Waals surface area contributed by atoms with Crippen molar-refractivity contribution in [3.63, 3.8) is 0 Å². The summed E-state index contributed by atoms with van der Waals surface area (Å²) < 4.78 is 62.8. The number of nitrogens with zero attached hydrogens (tertiary/aromatic N) is 2. The first-order chi connectivity index (χ1) is 7.80. The van der Waals surface area contributed by atoms with Crippen LogP contribution in [0.3, 0.4) is 0 Å². The van der Waals surface area contributed by atoms with Crippen LogP contribution in [0.2, 0.25) is 0 Å². The molecule has 0 radical (unpaired) electrons. The van der Waals surface area contributed by atoms with Gasteiger partial charge in [0.2, 0.25) is 10.0 Å². The highest BCUT2D eigenvalue weighted by atomic mass is 32.2. The molecule has 17 heavy (non-hydrogen) atoms. The summed E-state index contributed by atoms with van der Waals surface area (Å²) in [6, 6.07) is 2.04. The van der Waals surface area contributed by atoms with Gasteiger partial charge >= 0.3 is 0 Å². The Morgan fingerprint density at radius 2 is 1.76 bits per heavy atom. The predicted molar refractivity (Wildman–Crippen MR) is 51.7 cm³/mol. The Hall–Kier alpha value is -1.59. The van der Waals surface area contributed by atoms with Crippen molar-refractivity contribution in [1.82, 2.24) is 4.31 Å². The highest BCUT2D eigenvalue weighted by Gasteiger charge is 2.28. The lowest BCUT2D eigenvalue weighted by atomic mass is 10.3. The third-order valence-corrected chi connectivity index (χ3v) is 3.78. The molecule has 92 valence electrons. The summed E-state index contributed by atoms with van der Waals surface area (Å²) in [6.07, 6.45) is 0. The molecule has 0 aliphatic rings. The van der Waals surface area contributed by atoms with E-state index in [2.05, 4.69) is 0 Å². The van der Waals surface area contributed by atoms with E-state index < -0.39 is 38.9 Å². The average molecular weight is 264 g/mol. The highest BCUT2D eigenvalue weighted by Crippen LogP contribution is 2.22. The lowest BCUT2D eigenvalue weighted by molar-refractivity contribution is 0.464. The van der Waals surface area contributed by atoms with Crippen molar-refractivity contribution < 1.29 is 21.6 Å². The van der Waals surface area contributed by atoms with Crippen molar-refractivity contribution in [1.29, 1.82) is 5.26 Å². The van der Waals surface area contributed by atoms with Gasteiger partial charge in [0, 0.05) is 19.2 Å². The molecule has 0 saturated carbocycles. The molecule has 0 fully saturated rings. The fraction of sp³-hybridized carbons (Fsp3) is 0.222. The highest BCUT2D eigenvalue weighted by molar-refractivity contribution is 7.89. The molecule has 0 unspecified atom stereocenters. The van der Waals surface area contributed by atoms with Gasteiger partial charge in [-0.2, -0.15) is 9.57 Å². The van der Waals surface area contributed by atoms with E-state index in [0.29, 0.717) is 4.31 Å². The van der Waals surface area contributed by atoms with Crippen LogP contribution < -0.4 is 0 Å². The van der Waals surface area contributed by atoms with Gasteiger partial charge in [0.05, 0.1) is 6.07 Å². The number of rotatable bonds is 3. The molecule has 8 heteroatoms. The van der Waals surface area contributed by atoms with Gasteiger partial charge in [-0.15, -0.1) is 0 Å². The van der Waals surface area contributed by atoms with E-state index in [1.807, 2.05) is 0 Å². The molecular weight excluding hydrogens is 257 g/mol. The van der Waals surface area contributed by atoms with Crippen molar-refractivity contribution in [3.05, 3.63) is 29.6 Å². The van der Waals surface area contributed by atoms with Crippen molar-refractivity contribution in [2.75, 3.05) is 13.6 Å². The van der Waals surface area contributed by atoms with Gasteiger partial charge in [0.25, 0.3) is 0 Å². The molecule has 0 aliphatic heterocycles. The third kappa shape index (κ3) is 2.57. The first-order valence-electron chi connectivity index (χ1n) is 4.28. The minimum Gasteiger partial charge on any atom is -0.207 e. The van der Waals surface area contributed by atoms with E-state index in [1.165, 1.54) is 6.07 Å². The lowest BCUT2D eigenvalue weighted by Gasteiger charge is -2.14. The maximum absolute atomic E-state index is 13.2. The Morgan fingerprint density at radius 3 is 2.18 bits per heavy atom. The van der Waals surface area contributed by atoms with E-state index in [-0.39, 0.29) is 12.1 Å². The van der Waals surface area contributed by atoms with Gasteiger partial charge in [0.15, 0.2) is 4.90 Å². The molecule has 0 bridgehead atoms. The van der Waals surface area contributed by atoms with Crippen LogP contribution in [0.1, 0.15) is 0 Å². The molecule has 0 amide bonds. The molecule has 0 aromatic heterocycles. The second kappa shape index (κ2) is 4.73. The summed E-state index contributed by atoms with van der Waals surface area (Å²) >= 11 is 0. The van der Waals surface area contributed by atoms with Crippen LogP contribution in [0.4, 0.5) is 13.2 Å². The number of sulfonamides is 1.